The van der Waals surface area contributed by atoms with E-state index >= 15 is 0 Å². The van der Waals surface area contributed by atoms with Crippen molar-refractivity contribution in [3.8, 4) is 0 Å². The summed E-state index contributed by atoms with van der Waals surface area (Å²) in [5, 5.41) is 0. The summed E-state index contributed by atoms with van der Waals surface area (Å²) in [6.07, 6.45) is 21.3. The van der Waals surface area contributed by atoms with Crippen LogP contribution in [0.5, 0.6) is 0 Å². The minimum absolute atomic E-state index is 0.0868. The van der Waals surface area contributed by atoms with Gasteiger partial charge in [-0.15, -0.1) is 0 Å². The maximum atomic E-state index is 11.4. The van der Waals surface area contributed by atoms with Crippen molar-refractivity contribution >= 4 is 82.0 Å². The molecule has 0 bridgehead atoms. The number of hydrogen-bond acceptors (Lipinski definition) is 25. The zero-order valence-electron chi connectivity index (χ0n) is 74.1. The summed E-state index contributed by atoms with van der Waals surface area (Å²) in [7, 11) is 2.52. The van der Waals surface area contributed by atoms with E-state index in [0.717, 1.165) is 195 Å². The number of likely N-dealkylation sites (tertiary alicyclic amines) is 6. The summed E-state index contributed by atoms with van der Waals surface area (Å²) in [5.41, 5.74) is 0. The van der Waals surface area contributed by atoms with Crippen LogP contribution in [-0.2, 0) is 79.8 Å². The van der Waals surface area contributed by atoms with Gasteiger partial charge in [0.2, 0.25) is 82.0 Å². The Bertz CT molecular complexity index is 3530. The first kappa shape index (κ1) is 109. The lowest BCUT2D eigenvalue weighted by molar-refractivity contribution is -0.136. The number of piperidine rings is 6. The number of hydrogen-bond donors (Lipinski definition) is 3. The number of carbonyl (C=O) groups excluding carboxylic acids is 2. The Kier molecular flexibility index (Phi) is 49.8. The highest BCUT2D eigenvalue weighted by molar-refractivity contribution is 7.90. The molecule has 674 valence electrons. The molecule has 3 unspecified atom stereocenters. The molecule has 0 saturated carbocycles. The van der Waals surface area contributed by atoms with Crippen LogP contribution in [0.2, 0.25) is 0 Å². The second kappa shape index (κ2) is 51.7. The normalized spacial score (nSPS) is 25.9. The van der Waals surface area contributed by atoms with Crippen LogP contribution in [0, 0.1) is 17.8 Å². The van der Waals surface area contributed by atoms with Gasteiger partial charge >= 0.3 is 0 Å². The number of amides is 2. The summed E-state index contributed by atoms with van der Waals surface area (Å²) >= 11 is 0. The average Bonchev–Trinajstić information content (AvgIpc) is 0.813. The molecule has 9 aliphatic rings. The first-order valence-corrected chi connectivity index (χ1v) is 53.1. The molecule has 9 saturated heterocycles. The van der Waals surface area contributed by atoms with E-state index in [2.05, 4.69) is 121 Å². The quantitative estimate of drug-likeness (QED) is 0.181. The Hall–Kier alpha value is -2.05. The van der Waals surface area contributed by atoms with Gasteiger partial charge in [-0.1, -0.05) is 0 Å². The first-order chi connectivity index (χ1) is 51.7. The number of carbonyl (C=O) groups is 2. The highest BCUT2D eigenvalue weighted by atomic mass is 32.2. The van der Waals surface area contributed by atoms with E-state index in [9.17, 15) is 68.5 Å². The van der Waals surface area contributed by atoms with Crippen LogP contribution in [-0.4, -0.2) is 463 Å². The van der Waals surface area contributed by atoms with E-state index in [1.54, 1.807) is 39.3 Å². The molecule has 0 aromatic rings. The molecule has 9 aliphatic heterocycles. The maximum Gasteiger partial charge on any atom is 0.220 e. The number of nitrogens with one attached hydrogen (secondary N) is 3. The van der Waals surface area contributed by atoms with Gasteiger partial charge in [0.05, 0.1) is 43.8 Å². The van der Waals surface area contributed by atoms with Crippen LogP contribution in [0.15, 0.2) is 0 Å². The fraction of sp³-hybridized carbons (Fsp3) is 0.972. The summed E-state index contributed by atoms with van der Waals surface area (Å²) in [4.78, 5) is 46.0. The van der Waals surface area contributed by atoms with E-state index in [-0.39, 0.29) is 42.0 Å². The number of sulfonamides is 7. The molecule has 0 aromatic carbocycles. The number of piperazine rings is 3. The highest BCUT2D eigenvalue weighted by Gasteiger charge is 2.35. The minimum Gasteiger partial charge on any atom is -0.340 e. The summed E-state index contributed by atoms with van der Waals surface area (Å²) < 4.78 is 169. The van der Waals surface area contributed by atoms with E-state index in [1.165, 1.54) is 69.5 Å². The topological polar surface area (TPSA) is 358 Å². The Morgan fingerprint density at radius 1 is 0.345 bits per heavy atom. The highest BCUT2D eigenvalue weighted by Crippen LogP contribution is 2.22. The lowest BCUT2D eigenvalue weighted by atomic mass is 9.98. The zero-order chi connectivity index (χ0) is 87.0. The van der Waals surface area contributed by atoms with Crippen molar-refractivity contribution in [2.24, 2.45) is 17.8 Å². The summed E-state index contributed by atoms with van der Waals surface area (Å²) in [6, 6.07) is 1.40. The molecule has 9 fully saturated rings. The van der Waals surface area contributed by atoms with Crippen molar-refractivity contribution in [1.82, 2.24) is 85.3 Å². The van der Waals surface area contributed by atoms with Crippen LogP contribution in [0.1, 0.15) is 119 Å². The molecule has 113 heavy (non-hydrogen) atoms. The molecule has 34 nitrogen and oxygen atoms in total. The SMILES string of the molecule is CC(=O)N1CCN(C)CC1.CC(=O)N1[C@H](C)CN(C)C[C@@H]1C.CN1CCC(CNS(C)(=O)=O)CC1.CN1CCC(N(C)S(C)(=O)=O)CC1.CN1CCC(NS(C)(=O)=O)CC1.CN1CCCC(CN(C)S(C)(=O)=O)C1.CN1CCCC(CNS(C)(=O)=O)C1.CN1CCCC(N(C)S(C)(=O)=O)C1.C[C@@H]1CN(C)C[C@H](C)N1S(C)(=O)=O. The number of rotatable bonds is 16. The summed E-state index contributed by atoms with van der Waals surface area (Å²) in [5.74, 6) is 1.89. The molecule has 0 aliphatic carbocycles. The van der Waals surface area contributed by atoms with Gasteiger partial charge in [0, 0.05) is 169 Å². The average molecular weight is 1760 g/mol. The Morgan fingerprint density at radius 3 is 1.06 bits per heavy atom. The van der Waals surface area contributed by atoms with Crippen molar-refractivity contribution in [1.29, 1.82) is 0 Å². The third-order valence-electron chi connectivity index (χ3n) is 21.9. The largest absolute Gasteiger partial charge is 0.340 e. The predicted octanol–water partition coefficient (Wildman–Crippen LogP) is -0.144. The molecule has 7 atom stereocenters. The molecular formula is C72H158N18O16S7. The fourth-order valence-electron chi connectivity index (χ4n) is 15.5. The lowest BCUT2D eigenvalue weighted by Crippen LogP contribution is -2.57. The van der Waals surface area contributed by atoms with Crippen molar-refractivity contribution in [2.75, 3.05) is 279 Å². The smallest absolute Gasteiger partial charge is 0.220 e. The second-order valence-corrected chi connectivity index (χ2v) is 47.4. The van der Waals surface area contributed by atoms with Crippen molar-refractivity contribution in [3.05, 3.63) is 0 Å². The number of likely N-dealkylation sites (N-methyl/N-ethyl adjacent to an activating group) is 5. The van der Waals surface area contributed by atoms with Crippen LogP contribution in [0.25, 0.3) is 0 Å². The maximum absolute atomic E-state index is 11.4. The Balaban J connectivity index is 0.000000636. The van der Waals surface area contributed by atoms with Gasteiger partial charge in [0.25, 0.3) is 0 Å². The van der Waals surface area contributed by atoms with Crippen molar-refractivity contribution in [2.45, 2.75) is 161 Å². The summed E-state index contributed by atoms with van der Waals surface area (Å²) in [6.45, 7) is 33.0. The monoisotopic (exact) mass is 1760 g/mol. The fourth-order valence-corrected chi connectivity index (χ4v) is 20.8. The first-order valence-electron chi connectivity index (χ1n) is 40.0. The van der Waals surface area contributed by atoms with E-state index in [1.807, 2.05) is 37.7 Å². The molecule has 41 heteroatoms. The molecule has 3 N–H and O–H groups in total. The van der Waals surface area contributed by atoms with Crippen LogP contribution >= 0.6 is 0 Å². The third kappa shape index (κ3) is 49.5. The Labute approximate surface area is 688 Å². The van der Waals surface area contributed by atoms with E-state index in [0.29, 0.717) is 49.5 Å². The second-order valence-electron chi connectivity index (χ2n) is 33.9. The van der Waals surface area contributed by atoms with E-state index in [4.69, 9.17) is 0 Å². The van der Waals surface area contributed by atoms with Crippen LogP contribution < -0.4 is 14.2 Å². The van der Waals surface area contributed by atoms with Gasteiger partial charge in [-0.2, -0.15) is 4.31 Å². The van der Waals surface area contributed by atoms with Crippen molar-refractivity contribution < 1.29 is 68.5 Å². The molecule has 0 radical (unpaired) electrons. The van der Waals surface area contributed by atoms with Gasteiger partial charge in [-0.25, -0.2) is 86.0 Å². The van der Waals surface area contributed by atoms with Crippen molar-refractivity contribution in [3.63, 3.8) is 0 Å². The van der Waals surface area contributed by atoms with Crippen LogP contribution in [0.4, 0.5) is 0 Å². The predicted molar refractivity (Wildman–Crippen MR) is 460 cm³/mol. The molecule has 0 spiro atoms. The van der Waals surface area contributed by atoms with Gasteiger partial charge in [0.15, 0.2) is 0 Å². The lowest BCUT2D eigenvalue weighted by Gasteiger charge is -2.42. The van der Waals surface area contributed by atoms with Gasteiger partial charge in [-0.05, 0) is 245 Å². The van der Waals surface area contributed by atoms with Gasteiger partial charge in [-0.3, -0.25) is 9.59 Å². The third-order valence-corrected chi connectivity index (χ3v) is 29.5. The van der Waals surface area contributed by atoms with Gasteiger partial charge < -0.3 is 53.9 Å². The Morgan fingerprint density at radius 2 is 0.699 bits per heavy atom. The zero-order valence-corrected chi connectivity index (χ0v) is 79.8. The standard InChI is InChI=1S/C9H20N2O2S.C9H18N2O.5C8H18N2O2S.C7H16N2O2S.C7H14N2O/c1-10-6-4-5-9(7-10)8-11(2)14(3,12)13;1-7-5-10(4)6-8(2)11(7)9(3)12;1-7-5-9(3)6-8(2)10(7)13(4,11)12;1-9-6-4-8(5-7-9)10(2)13(3,11)12;1-9-6-4-5-8(7-9)10(2)13(3,11)12;1-10-5-3-8(4-6-10)7-9-13(2,11)12;1-10-5-3-4-8(7-10)6-9-13(2,11)12;1-9-5-3-7(4-6-9)8-12(2,10)11;1-7(10)9-5-3-8(2)4-6-9/h9H,4-8H2,1-3H3;7-8H,5-6H2,1-4H3;7-8H,5-6H2,1-4H3;2*8H,4-7H2,1-3H3;2*8-9H,3-7H2,1-2H3;7-8H,3-6H2,1-2H3;3-6H2,1-2H3/t;2*7-,8+;;;;;;. The molecular weight excluding hydrogens is 1600 g/mol. The molecule has 2 amide bonds. The van der Waals surface area contributed by atoms with Gasteiger partial charge in [0.1, 0.15) is 0 Å². The minimum atomic E-state index is -3.04. The van der Waals surface area contributed by atoms with Crippen LogP contribution in [0.3, 0.4) is 0 Å². The van der Waals surface area contributed by atoms with E-state index < -0.39 is 70.2 Å². The molecule has 9 heterocycles. The number of nitrogens with zero attached hydrogens (tertiary/aromatic N) is 15. The molecule has 0 aromatic heterocycles. The molecule has 9 rings (SSSR count).